The summed E-state index contributed by atoms with van der Waals surface area (Å²) < 4.78 is 6.04. The molecule has 0 atom stereocenters. The van der Waals surface area contributed by atoms with Crippen molar-refractivity contribution >= 4 is 40.4 Å². The predicted molar refractivity (Wildman–Crippen MR) is 82.1 cm³/mol. The molecule has 2 rings (SSSR count). The highest BCUT2D eigenvalue weighted by molar-refractivity contribution is 14.1. The molecule has 5 nitrogen and oxygen atoms in total. The summed E-state index contributed by atoms with van der Waals surface area (Å²) in [7, 11) is 0. The van der Waals surface area contributed by atoms with Crippen LogP contribution in [0.1, 0.15) is 5.76 Å². The number of nitrogens with zero attached hydrogens (tertiary/aromatic N) is 1. The number of nitrogens with one attached hydrogen (secondary N) is 2. The Balaban J connectivity index is 1.74. The number of hydrogen-bond donors (Lipinski definition) is 2. The Morgan fingerprint density at radius 1 is 1.26 bits per heavy atom. The van der Waals surface area contributed by atoms with Crippen LogP contribution in [0.25, 0.3) is 0 Å². The average molecular weight is 369 g/mol. The molecule has 0 unspecified atom stereocenters. The topological polar surface area (TPSA) is 66.6 Å². The van der Waals surface area contributed by atoms with E-state index >= 15 is 0 Å². The van der Waals surface area contributed by atoms with Gasteiger partial charge >= 0.3 is 0 Å². The van der Waals surface area contributed by atoms with E-state index in [1.54, 1.807) is 6.07 Å². The lowest BCUT2D eigenvalue weighted by Crippen LogP contribution is -2.25. The zero-order valence-corrected chi connectivity index (χ0v) is 12.1. The highest BCUT2D eigenvalue weighted by atomic mass is 127. The lowest BCUT2D eigenvalue weighted by atomic mass is 10.3. The normalized spacial score (nSPS) is 10.6. The fourth-order valence-corrected chi connectivity index (χ4v) is 1.78. The molecule has 0 bridgehead atoms. The molecular formula is C13H12IN3O2. The second-order valence-electron chi connectivity index (χ2n) is 3.65. The number of carbonyl (C=O) groups excluding carboxylic acids is 1. The largest absolute Gasteiger partial charge is 0.449 e. The van der Waals surface area contributed by atoms with E-state index in [0.29, 0.717) is 5.76 Å². The number of anilines is 1. The monoisotopic (exact) mass is 369 g/mol. The zero-order chi connectivity index (χ0) is 13.5. The van der Waals surface area contributed by atoms with Gasteiger partial charge in [-0.25, -0.2) is 5.43 Å². The van der Waals surface area contributed by atoms with E-state index in [1.165, 1.54) is 6.21 Å². The third-order valence-electron chi connectivity index (χ3n) is 2.20. The molecule has 6 heteroatoms. The number of furan rings is 1. The maximum absolute atomic E-state index is 11.5. The van der Waals surface area contributed by atoms with Crippen molar-refractivity contribution in [1.82, 2.24) is 5.43 Å². The van der Waals surface area contributed by atoms with Crippen LogP contribution >= 0.6 is 22.6 Å². The van der Waals surface area contributed by atoms with Crippen molar-refractivity contribution in [1.29, 1.82) is 0 Å². The molecule has 98 valence electrons. The van der Waals surface area contributed by atoms with E-state index in [-0.39, 0.29) is 12.5 Å². The second-order valence-corrected chi connectivity index (χ2v) is 4.72. The minimum Gasteiger partial charge on any atom is -0.449 e. The first kappa shape index (κ1) is 13.6. The van der Waals surface area contributed by atoms with Crippen LogP contribution in [0.5, 0.6) is 0 Å². The summed E-state index contributed by atoms with van der Waals surface area (Å²) in [4.78, 5) is 11.5. The van der Waals surface area contributed by atoms with Crippen LogP contribution in [-0.2, 0) is 4.79 Å². The zero-order valence-electron chi connectivity index (χ0n) is 9.97. The molecule has 0 aliphatic carbocycles. The molecule has 0 fully saturated rings. The Morgan fingerprint density at radius 2 is 2.05 bits per heavy atom. The fourth-order valence-electron chi connectivity index (χ4n) is 1.34. The highest BCUT2D eigenvalue weighted by Gasteiger charge is 1.99. The fraction of sp³-hybridized carbons (Fsp3) is 0.0769. The molecular weight excluding hydrogens is 357 g/mol. The summed E-state index contributed by atoms with van der Waals surface area (Å²) in [5.41, 5.74) is 3.31. The first-order valence-corrected chi connectivity index (χ1v) is 6.68. The number of rotatable bonds is 5. The van der Waals surface area contributed by atoms with Crippen molar-refractivity contribution in [3.8, 4) is 0 Å². The van der Waals surface area contributed by atoms with Gasteiger partial charge in [-0.3, -0.25) is 4.79 Å². The molecule has 0 saturated heterocycles. The summed E-state index contributed by atoms with van der Waals surface area (Å²) in [6.45, 7) is 0.164. The third-order valence-corrected chi connectivity index (χ3v) is 2.78. The van der Waals surface area contributed by atoms with Crippen LogP contribution in [0.3, 0.4) is 0 Å². The summed E-state index contributed by atoms with van der Waals surface area (Å²) in [5.74, 6) is 0.377. The number of benzene rings is 1. The van der Waals surface area contributed by atoms with Crippen LogP contribution in [0.15, 0.2) is 52.0 Å². The van der Waals surface area contributed by atoms with E-state index in [1.807, 2.05) is 36.4 Å². The van der Waals surface area contributed by atoms with Gasteiger partial charge in [-0.1, -0.05) is 18.2 Å². The summed E-state index contributed by atoms with van der Waals surface area (Å²) in [6.07, 6.45) is 1.46. The van der Waals surface area contributed by atoms with E-state index < -0.39 is 0 Å². The van der Waals surface area contributed by atoms with Gasteiger partial charge in [-0.15, -0.1) is 0 Å². The van der Waals surface area contributed by atoms with Crippen molar-refractivity contribution in [3.63, 3.8) is 0 Å². The number of para-hydroxylation sites is 1. The predicted octanol–water partition coefficient (Wildman–Crippen LogP) is 2.45. The maximum atomic E-state index is 11.5. The molecule has 2 N–H and O–H groups in total. The summed E-state index contributed by atoms with van der Waals surface area (Å²) >= 11 is 2.06. The maximum Gasteiger partial charge on any atom is 0.259 e. The molecule has 0 radical (unpaired) electrons. The summed E-state index contributed by atoms with van der Waals surface area (Å²) in [6, 6.07) is 13.1. The molecule has 1 aromatic carbocycles. The molecule has 1 heterocycles. The summed E-state index contributed by atoms with van der Waals surface area (Å²) in [5, 5.41) is 6.79. The minimum atomic E-state index is -0.221. The quantitative estimate of drug-likeness (QED) is 0.484. The number of hydrogen-bond acceptors (Lipinski definition) is 4. The van der Waals surface area contributed by atoms with E-state index in [2.05, 4.69) is 38.4 Å². The first-order chi connectivity index (χ1) is 9.24. The van der Waals surface area contributed by atoms with E-state index in [4.69, 9.17) is 4.42 Å². The Labute approximate surface area is 124 Å². The third kappa shape index (κ3) is 4.74. The van der Waals surface area contributed by atoms with Gasteiger partial charge in [0.1, 0.15) is 5.76 Å². The van der Waals surface area contributed by atoms with Crippen LogP contribution in [0.4, 0.5) is 5.69 Å². The highest BCUT2D eigenvalue weighted by Crippen LogP contribution is 2.07. The Morgan fingerprint density at radius 3 is 2.74 bits per heavy atom. The van der Waals surface area contributed by atoms with Crippen molar-refractivity contribution in [2.45, 2.75) is 0 Å². The molecule has 2 aromatic rings. The van der Waals surface area contributed by atoms with Gasteiger partial charge in [-0.05, 0) is 46.9 Å². The van der Waals surface area contributed by atoms with Gasteiger partial charge in [0, 0.05) is 5.69 Å². The molecule has 19 heavy (non-hydrogen) atoms. The van der Waals surface area contributed by atoms with Crippen LogP contribution in [-0.4, -0.2) is 18.7 Å². The first-order valence-electron chi connectivity index (χ1n) is 5.60. The number of amides is 1. The molecule has 0 aliphatic rings. The second kappa shape index (κ2) is 6.93. The van der Waals surface area contributed by atoms with E-state index in [0.717, 1.165) is 9.45 Å². The molecule has 0 saturated carbocycles. The Bertz CT molecular complexity index is 566. The molecule has 1 aromatic heterocycles. The smallest absolute Gasteiger partial charge is 0.259 e. The van der Waals surface area contributed by atoms with Crippen molar-refractivity contribution in [2.24, 2.45) is 5.10 Å². The van der Waals surface area contributed by atoms with Gasteiger partial charge in [-0.2, -0.15) is 5.10 Å². The lowest BCUT2D eigenvalue weighted by Gasteiger charge is -2.04. The lowest BCUT2D eigenvalue weighted by molar-refractivity contribution is -0.119. The van der Waals surface area contributed by atoms with Gasteiger partial charge < -0.3 is 9.73 Å². The Kier molecular flexibility index (Phi) is 4.96. The van der Waals surface area contributed by atoms with Gasteiger partial charge in [0.15, 0.2) is 3.77 Å². The Hall–Kier alpha value is -1.83. The molecule has 0 aliphatic heterocycles. The van der Waals surface area contributed by atoms with Gasteiger partial charge in [0.25, 0.3) is 5.91 Å². The number of carbonyl (C=O) groups is 1. The average Bonchev–Trinajstić information content (AvgIpc) is 2.83. The van der Waals surface area contributed by atoms with Crippen molar-refractivity contribution in [2.75, 3.05) is 11.9 Å². The van der Waals surface area contributed by atoms with Crippen LogP contribution in [0, 0.1) is 3.77 Å². The van der Waals surface area contributed by atoms with E-state index in [9.17, 15) is 4.79 Å². The van der Waals surface area contributed by atoms with Gasteiger partial charge in [0.2, 0.25) is 0 Å². The SMILES string of the molecule is O=C(CNc1ccccc1)N/N=C\c1ccc(I)o1. The van der Waals surface area contributed by atoms with Crippen molar-refractivity contribution in [3.05, 3.63) is 52.0 Å². The molecule has 0 spiro atoms. The minimum absolute atomic E-state index is 0.164. The van der Waals surface area contributed by atoms with Crippen LogP contribution < -0.4 is 10.7 Å². The van der Waals surface area contributed by atoms with Crippen LogP contribution in [0.2, 0.25) is 0 Å². The number of halogens is 1. The van der Waals surface area contributed by atoms with Gasteiger partial charge in [0.05, 0.1) is 12.8 Å². The molecule has 1 amide bonds. The van der Waals surface area contributed by atoms with Crippen molar-refractivity contribution < 1.29 is 9.21 Å². The number of hydrazone groups is 1. The standard InChI is InChI=1S/C13H12IN3O2/c14-12-7-6-11(19-12)8-16-17-13(18)9-15-10-4-2-1-3-5-10/h1-8,15H,9H2,(H,17,18)/b16-8-.